The Morgan fingerprint density at radius 2 is 1.86 bits per heavy atom. The van der Waals surface area contributed by atoms with Gasteiger partial charge in [-0.25, -0.2) is 0 Å². The Kier molecular flexibility index (Phi) is 4.49. The summed E-state index contributed by atoms with van der Waals surface area (Å²) in [5.41, 5.74) is 0. The van der Waals surface area contributed by atoms with Crippen molar-refractivity contribution in [2.24, 2.45) is 0 Å². The second kappa shape index (κ2) is 3.63. The topological polar surface area (TPSA) is 9.23 Å². The van der Waals surface area contributed by atoms with Gasteiger partial charge in [0.05, 0.1) is 0 Å². The van der Waals surface area contributed by atoms with E-state index in [1.165, 1.54) is 0 Å². The van der Waals surface area contributed by atoms with E-state index in [0.29, 0.717) is 6.61 Å². The van der Waals surface area contributed by atoms with E-state index >= 15 is 0 Å². The van der Waals surface area contributed by atoms with Crippen molar-refractivity contribution in [3.8, 4) is 0 Å². The van der Waals surface area contributed by atoms with Crippen LogP contribution in [0.15, 0.2) is 0 Å². The van der Waals surface area contributed by atoms with E-state index in [4.69, 9.17) is 29.5 Å². The zero-order valence-corrected chi connectivity index (χ0v) is 8.87. The van der Waals surface area contributed by atoms with Crippen LogP contribution in [0.25, 0.3) is 0 Å². The van der Waals surface area contributed by atoms with E-state index < -0.39 is 15.8 Å². The molecule has 0 saturated carbocycles. The fourth-order valence-electron chi connectivity index (χ4n) is 0.164. The zero-order chi connectivity index (χ0) is 5.91. The Hall–Kier alpha value is 1.65. The zero-order valence-electron chi connectivity index (χ0n) is 3.75. The molecular formula is C2H6Cl3OSb. The first-order valence-electron chi connectivity index (χ1n) is 1.77. The molecule has 0 aromatic carbocycles. The molecule has 0 heterocycles. The molecule has 0 rings (SSSR count). The number of hydrogen-bond acceptors (Lipinski definition) is 1. The maximum absolute atomic E-state index is 5.35. The number of rotatable bonds is 2. The summed E-state index contributed by atoms with van der Waals surface area (Å²) < 4.78 is 4.74. The van der Waals surface area contributed by atoms with Crippen LogP contribution in [0.1, 0.15) is 6.92 Å². The molecular weight excluding hydrogens is 268 g/mol. The Labute approximate surface area is 58.5 Å². The Morgan fingerprint density at radius 3 is 1.86 bits per heavy atom. The Balaban J connectivity index is 3.15. The van der Waals surface area contributed by atoms with Crippen molar-refractivity contribution in [3.05, 3.63) is 0 Å². The van der Waals surface area contributed by atoms with Crippen molar-refractivity contribution < 1.29 is 3.02 Å². The quantitative estimate of drug-likeness (QED) is 0.699. The molecule has 0 amide bonds. The second-order valence-corrected chi connectivity index (χ2v) is 18.9. The molecule has 0 atom stereocenters. The Morgan fingerprint density at radius 1 is 1.43 bits per heavy atom. The minimum atomic E-state index is -3.36. The molecule has 0 bridgehead atoms. The van der Waals surface area contributed by atoms with E-state index in [9.17, 15) is 0 Å². The van der Waals surface area contributed by atoms with Crippen LogP contribution in [0, 0.1) is 0 Å². The summed E-state index contributed by atoms with van der Waals surface area (Å²) in [7, 11) is 16.1. The first kappa shape index (κ1) is 8.65. The van der Waals surface area contributed by atoms with Crippen LogP contribution >= 0.6 is 26.5 Å². The van der Waals surface area contributed by atoms with E-state index in [-0.39, 0.29) is 0 Å². The first-order chi connectivity index (χ1) is 3.06. The normalized spacial score (nSPS) is 14.3. The fraction of sp³-hybridized carbons (Fsp3) is 1.00. The molecule has 0 aliphatic heterocycles. The minimum absolute atomic E-state index is 0.507. The average molecular weight is 274 g/mol. The third-order valence-corrected chi connectivity index (χ3v) is 4.26. The standard InChI is InChI=1S/C2H5O.3ClH.Sb.H/c1-2-3;;;;;/h2H2,1H3;3*1H;;/q-1;;;;+4;/p-3. The first-order valence-corrected chi connectivity index (χ1v) is 13.8. The molecule has 5 heteroatoms. The summed E-state index contributed by atoms with van der Waals surface area (Å²) in [4.78, 5) is 0. The second-order valence-electron chi connectivity index (χ2n) is 0.879. The van der Waals surface area contributed by atoms with Crippen LogP contribution in [0.2, 0.25) is 0 Å². The van der Waals surface area contributed by atoms with Gasteiger partial charge in [0, 0.05) is 0 Å². The maximum atomic E-state index is 5.35. The molecule has 0 N–H and O–H groups in total. The molecule has 0 unspecified atom stereocenters. The molecule has 0 aliphatic carbocycles. The third-order valence-electron chi connectivity index (χ3n) is 0.308. The molecule has 46 valence electrons. The molecule has 7 heavy (non-hydrogen) atoms. The van der Waals surface area contributed by atoms with Crippen LogP contribution in [-0.2, 0) is 3.02 Å². The van der Waals surface area contributed by atoms with E-state index in [1.54, 1.807) is 6.92 Å². The van der Waals surface area contributed by atoms with Crippen LogP contribution in [-0.4, -0.2) is 22.4 Å². The van der Waals surface area contributed by atoms with Crippen LogP contribution in [0.4, 0.5) is 0 Å². The van der Waals surface area contributed by atoms with E-state index in [1.807, 2.05) is 0 Å². The van der Waals surface area contributed by atoms with Crippen LogP contribution in [0.3, 0.4) is 0 Å². The van der Waals surface area contributed by atoms with Gasteiger partial charge in [-0.05, 0) is 0 Å². The van der Waals surface area contributed by atoms with Crippen molar-refractivity contribution in [1.82, 2.24) is 0 Å². The SMILES string of the molecule is CC[O][SbH]([Cl])([Cl])[Cl]. The molecule has 0 aliphatic rings. The van der Waals surface area contributed by atoms with Gasteiger partial charge in [0.25, 0.3) is 0 Å². The van der Waals surface area contributed by atoms with Gasteiger partial charge >= 0.3 is 58.8 Å². The van der Waals surface area contributed by atoms with Gasteiger partial charge in [0.2, 0.25) is 0 Å². The van der Waals surface area contributed by atoms with Crippen molar-refractivity contribution in [1.29, 1.82) is 0 Å². The summed E-state index contributed by atoms with van der Waals surface area (Å²) in [6.45, 7) is 2.31. The fourth-order valence-corrected chi connectivity index (χ4v) is 3.29. The van der Waals surface area contributed by atoms with Gasteiger partial charge in [-0.2, -0.15) is 0 Å². The number of halogens is 3. The number of hydrogen-bond donors (Lipinski definition) is 0. The molecule has 0 saturated heterocycles. The third kappa shape index (κ3) is 7.65. The van der Waals surface area contributed by atoms with Gasteiger partial charge in [-0.3, -0.25) is 0 Å². The van der Waals surface area contributed by atoms with Crippen LogP contribution < -0.4 is 0 Å². The van der Waals surface area contributed by atoms with Gasteiger partial charge in [0.1, 0.15) is 0 Å². The van der Waals surface area contributed by atoms with E-state index in [0.717, 1.165) is 0 Å². The monoisotopic (exact) mass is 272 g/mol. The van der Waals surface area contributed by atoms with Crippen molar-refractivity contribution in [2.75, 3.05) is 6.61 Å². The summed E-state index contributed by atoms with van der Waals surface area (Å²) in [6.07, 6.45) is 0. The van der Waals surface area contributed by atoms with Gasteiger partial charge < -0.3 is 0 Å². The molecule has 0 aromatic heterocycles. The van der Waals surface area contributed by atoms with Crippen LogP contribution in [0.5, 0.6) is 0 Å². The Bertz CT molecular complexity index is 51.4. The van der Waals surface area contributed by atoms with Crippen molar-refractivity contribution >= 4 is 42.3 Å². The van der Waals surface area contributed by atoms with Crippen molar-refractivity contribution in [2.45, 2.75) is 6.92 Å². The molecule has 0 spiro atoms. The van der Waals surface area contributed by atoms with Gasteiger partial charge in [-0.15, -0.1) is 0 Å². The molecule has 0 aromatic rings. The predicted molar refractivity (Wildman–Crippen MR) is 36.3 cm³/mol. The average Bonchev–Trinajstić information content (AvgIpc) is 1.30. The van der Waals surface area contributed by atoms with E-state index in [2.05, 4.69) is 0 Å². The summed E-state index contributed by atoms with van der Waals surface area (Å²) >= 11 is -3.36. The summed E-state index contributed by atoms with van der Waals surface area (Å²) in [5.74, 6) is 0. The summed E-state index contributed by atoms with van der Waals surface area (Å²) in [5, 5.41) is 0. The van der Waals surface area contributed by atoms with Gasteiger partial charge in [-0.1, -0.05) is 0 Å². The van der Waals surface area contributed by atoms with Crippen molar-refractivity contribution in [3.63, 3.8) is 0 Å². The predicted octanol–water partition coefficient (Wildman–Crippen LogP) is 1.91. The molecule has 1 nitrogen and oxygen atoms in total. The molecule has 0 fully saturated rings. The molecule has 0 radical (unpaired) electrons. The van der Waals surface area contributed by atoms with Gasteiger partial charge in [0.15, 0.2) is 0 Å². The summed E-state index contributed by atoms with van der Waals surface area (Å²) in [6, 6.07) is 0.